The van der Waals surface area contributed by atoms with E-state index < -0.39 is 0 Å². The minimum Gasteiger partial charge on any atom is -0.444 e. The Morgan fingerprint density at radius 1 is 1.30 bits per heavy atom. The largest absolute Gasteiger partial charge is 0.444 e. The zero-order valence-corrected chi connectivity index (χ0v) is 11.1. The molecule has 1 aliphatic rings. The molecule has 1 saturated heterocycles. The van der Waals surface area contributed by atoms with Gasteiger partial charge in [0.15, 0.2) is 12.2 Å². The van der Waals surface area contributed by atoms with Crippen molar-refractivity contribution in [2.24, 2.45) is 0 Å². The molecule has 1 aliphatic heterocycles. The number of aromatic nitrogens is 1. The van der Waals surface area contributed by atoms with Crippen molar-refractivity contribution in [3.63, 3.8) is 0 Å². The first-order valence-electron chi connectivity index (χ1n) is 6.86. The van der Waals surface area contributed by atoms with Gasteiger partial charge in [-0.25, -0.2) is 4.98 Å². The molecule has 5 nitrogen and oxygen atoms in total. The average molecular weight is 271 g/mol. The molecule has 0 bridgehead atoms. The Hall–Kier alpha value is -2.14. The van der Waals surface area contributed by atoms with E-state index in [2.05, 4.69) is 15.6 Å². The van der Waals surface area contributed by atoms with Crippen molar-refractivity contribution >= 4 is 11.6 Å². The van der Waals surface area contributed by atoms with Gasteiger partial charge < -0.3 is 15.1 Å². The zero-order chi connectivity index (χ0) is 13.8. The minimum absolute atomic E-state index is 0.0390. The summed E-state index contributed by atoms with van der Waals surface area (Å²) < 4.78 is 5.23. The number of piperidine rings is 1. The normalized spacial score (nSPS) is 18.7. The first-order chi connectivity index (χ1) is 9.83. The summed E-state index contributed by atoms with van der Waals surface area (Å²) in [6.07, 6.45) is 6.23. The minimum atomic E-state index is -0.0716. The van der Waals surface area contributed by atoms with Crippen LogP contribution >= 0.6 is 0 Å². The van der Waals surface area contributed by atoms with Gasteiger partial charge in [-0.2, -0.15) is 0 Å². The van der Waals surface area contributed by atoms with Crippen LogP contribution in [0.1, 0.15) is 19.3 Å². The van der Waals surface area contributed by atoms with Crippen LogP contribution in [-0.4, -0.2) is 23.5 Å². The van der Waals surface area contributed by atoms with Crippen LogP contribution in [-0.2, 0) is 4.79 Å². The van der Waals surface area contributed by atoms with E-state index in [0.717, 1.165) is 42.8 Å². The van der Waals surface area contributed by atoms with Gasteiger partial charge in [0.25, 0.3) is 0 Å². The Balaban J connectivity index is 1.64. The topological polar surface area (TPSA) is 67.2 Å². The maximum atomic E-state index is 12.1. The van der Waals surface area contributed by atoms with E-state index in [0.29, 0.717) is 0 Å². The van der Waals surface area contributed by atoms with Crippen molar-refractivity contribution in [2.45, 2.75) is 25.3 Å². The van der Waals surface area contributed by atoms with Gasteiger partial charge in [-0.15, -0.1) is 0 Å². The smallest absolute Gasteiger partial charge is 0.241 e. The van der Waals surface area contributed by atoms with E-state index >= 15 is 0 Å². The molecule has 1 aromatic heterocycles. The predicted molar refractivity (Wildman–Crippen MR) is 76.2 cm³/mol. The van der Waals surface area contributed by atoms with Crippen molar-refractivity contribution in [1.82, 2.24) is 10.3 Å². The SMILES string of the molecule is O=C(Nc1ccc(-c2cnco2)cc1)[C@@H]1CCCCN1. The van der Waals surface area contributed by atoms with E-state index in [9.17, 15) is 4.79 Å². The van der Waals surface area contributed by atoms with Crippen molar-refractivity contribution in [3.05, 3.63) is 36.9 Å². The third kappa shape index (κ3) is 2.88. The van der Waals surface area contributed by atoms with Gasteiger partial charge in [-0.1, -0.05) is 6.42 Å². The van der Waals surface area contributed by atoms with Crippen LogP contribution in [0.3, 0.4) is 0 Å². The molecule has 5 heteroatoms. The molecule has 2 N–H and O–H groups in total. The molecule has 3 rings (SSSR count). The Morgan fingerprint density at radius 2 is 2.15 bits per heavy atom. The van der Waals surface area contributed by atoms with Gasteiger partial charge in [0.2, 0.25) is 5.91 Å². The van der Waals surface area contributed by atoms with Crippen LogP contribution in [0.25, 0.3) is 11.3 Å². The average Bonchev–Trinajstić information content (AvgIpc) is 3.03. The molecule has 20 heavy (non-hydrogen) atoms. The second-order valence-corrected chi connectivity index (χ2v) is 4.93. The highest BCUT2D eigenvalue weighted by molar-refractivity contribution is 5.95. The van der Waals surface area contributed by atoms with Gasteiger partial charge in [0, 0.05) is 11.3 Å². The molecular weight excluding hydrogens is 254 g/mol. The molecule has 0 radical (unpaired) electrons. The Bertz CT molecular complexity index is 557. The number of nitrogens with zero attached hydrogens (tertiary/aromatic N) is 1. The Kier molecular flexibility index (Phi) is 3.78. The molecule has 104 valence electrons. The number of hydrogen-bond donors (Lipinski definition) is 2. The molecule has 1 amide bonds. The fraction of sp³-hybridized carbons (Fsp3) is 0.333. The summed E-state index contributed by atoms with van der Waals surface area (Å²) in [5.41, 5.74) is 1.74. The van der Waals surface area contributed by atoms with Crippen LogP contribution < -0.4 is 10.6 Å². The van der Waals surface area contributed by atoms with Crippen LogP contribution in [0.5, 0.6) is 0 Å². The number of benzene rings is 1. The molecule has 0 unspecified atom stereocenters. The maximum Gasteiger partial charge on any atom is 0.241 e. The molecule has 0 aliphatic carbocycles. The monoisotopic (exact) mass is 271 g/mol. The summed E-state index contributed by atoms with van der Waals surface area (Å²) in [4.78, 5) is 16.0. The Labute approximate surface area is 117 Å². The second-order valence-electron chi connectivity index (χ2n) is 4.93. The van der Waals surface area contributed by atoms with Crippen LogP contribution in [0.2, 0.25) is 0 Å². The number of anilines is 1. The van der Waals surface area contributed by atoms with Crippen molar-refractivity contribution in [3.8, 4) is 11.3 Å². The number of nitrogens with one attached hydrogen (secondary N) is 2. The molecule has 0 saturated carbocycles. The summed E-state index contributed by atoms with van der Waals surface area (Å²) in [5, 5.41) is 6.17. The van der Waals surface area contributed by atoms with Gasteiger partial charge >= 0.3 is 0 Å². The Morgan fingerprint density at radius 3 is 2.80 bits per heavy atom. The van der Waals surface area contributed by atoms with Crippen LogP contribution in [0, 0.1) is 0 Å². The second kappa shape index (κ2) is 5.88. The van der Waals surface area contributed by atoms with E-state index in [-0.39, 0.29) is 11.9 Å². The van der Waals surface area contributed by atoms with Gasteiger partial charge in [0.1, 0.15) is 0 Å². The molecule has 2 heterocycles. The van der Waals surface area contributed by atoms with E-state index in [1.165, 1.54) is 6.39 Å². The third-order valence-electron chi connectivity index (χ3n) is 3.50. The quantitative estimate of drug-likeness (QED) is 0.899. The zero-order valence-electron chi connectivity index (χ0n) is 11.1. The first kappa shape index (κ1) is 12.9. The highest BCUT2D eigenvalue weighted by Crippen LogP contribution is 2.21. The third-order valence-corrected chi connectivity index (χ3v) is 3.50. The summed E-state index contributed by atoms with van der Waals surface area (Å²) >= 11 is 0. The van der Waals surface area contributed by atoms with Crippen molar-refractivity contribution in [2.75, 3.05) is 11.9 Å². The van der Waals surface area contributed by atoms with E-state index in [4.69, 9.17) is 4.42 Å². The lowest BCUT2D eigenvalue weighted by molar-refractivity contribution is -0.118. The lowest BCUT2D eigenvalue weighted by Gasteiger charge is -2.22. The van der Waals surface area contributed by atoms with Gasteiger partial charge in [-0.05, 0) is 43.7 Å². The van der Waals surface area contributed by atoms with E-state index in [1.807, 2.05) is 24.3 Å². The first-order valence-corrected chi connectivity index (χ1v) is 6.86. The molecule has 1 fully saturated rings. The number of rotatable bonds is 3. The maximum absolute atomic E-state index is 12.1. The van der Waals surface area contributed by atoms with Crippen LogP contribution in [0.4, 0.5) is 5.69 Å². The fourth-order valence-corrected chi connectivity index (χ4v) is 2.38. The summed E-state index contributed by atoms with van der Waals surface area (Å²) in [6, 6.07) is 7.49. The van der Waals surface area contributed by atoms with Crippen molar-refractivity contribution < 1.29 is 9.21 Å². The molecular formula is C15H17N3O2. The predicted octanol–water partition coefficient (Wildman–Crippen LogP) is 2.42. The fourth-order valence-electron chi connectivity index (χ4n) is 2.38. The summed E-state index contributed by atoms with van der Waals surface area (Å²) in [5.74, 6) is 0.758. The number of oxazole rings is 1. The molecule has 1 aromatic carbocycles. The standard InChI is InChI=1S/C15H17N3O2/c19-15(13-3-1-2-8-17-13)18-12-6-4-11(5-7-12)14-9-16-10-20-14/h4-7,9-10,13,17H,1-3,8H2,(H,18,19)/t13-/m0/s1. The number of hydrogen-bond acceptors (Lipinski definition) is 4. The summed E-state index contributed by atoms with van der Waals surface area (Å²) in [7, 11) is 0. The lowest BCUT2D eigenvalue weighted by Crippen LogP contribution is -2.43. The molecule has 1 atom stereocenters. The highest BCUT2D eigenvalue weighted by Gasteiger charge is 2.20. The van der Waals surface area contributed by atoms with Gasteiger partial charge in [0.05, 0.1) is 12.2 Å². The molecule has 2 aromatic rings. The highest BCUT2D eigenvalue weighted by atomic mass is 16.3. The summed E-state index contributed by atoms with van der Waals surface area (Å²) in [6.45, 7) is 0.919. The van der Waals surface area contributed by atoms with Crippen molar-refractivity contribution in [1.29, 1.82) is 0 Å². The van der Waals surface area contributed by atoms with Crippen LogP contribution in [0.15, 0.2) is 41.3 Å². The number of carbonyl (C=O) groups excluding carboxylic acids is 1. The number of carbonyl (C=O) groups is 1. The van der Waals surface area contributed by atoms with E-state index in [1.54, 1.807) is 6.20 Å². The van der Waals surface area contributed by atoms with Gasteiger partial charge in [-0.3, -0.25) is 4.79 Å². The lowest BCUT2D eigenvalue weighted by atomic mass is 10.0. The molecule has 0 spiro atoms. The number of amides is 1.